The Morgan fingerprint density at radius 2 is 2.13 bits per heavy atom. The minimum absolute atomic E-state index is 0.0432. The molecule has 2 aliphatic carbocycles. The predicted molar refractivity (Wildman–Crippen MR) is 62.5 cm³/mol. The van der Waals surface area contributed by atoms with Gasteiger partial charge in [-0.25, -0.2) is 0 Å². The van der Waals surface area contributed by atoms with Gasteiger partial charge < -0.3 is 4.79 Å². The highest BCUT2D eigenvalue weighted by atomic mass is 16.1. The van der Waals surface area contributed by atoms with Crippen molar-refractivity contribution in [3.63, 3.8) is 0 Å². The van der Waals surface area contributed by atoms with Crippen LogP contribution in [0.25, 0.3) is 0 Å². The van der Waals surface area contributed by atoms with Gasteiger partial charge in [-0.3, -0.25) is 0 Å². The summed E-state index contributed by atoms with van der Waals surface area (Å²) < 4.78 is 0. The lowest BCUT2D eigenvalue weighted by Gasteiger charge is -2.27. The molecule has 15 heavy (non-hydrogen) atoms. The molecule has 2 aliphatic rings. The van der Waals surface area contributed by atoms with Gasteiger partial charge in [0.15, 0.2) is 0 Å². The fraction of sp³-hybridized carbons (Fsp3) is 0.786. The van der Waals surface area contributed by atoms with Crippen molar-refractivity contribution in [1.29, 1.82) is 0 Å². The van der Waals surface area contributed by atoms with Crippen LogP contribution in [0.1, 0.15) is 46.5 Å². The molecule has 3 unspecified atom stereocenters. The second-order valence-corrected chi connectivity index (χ2v) is 6.05. The summed E-state index contributed by atoms with van der Waals surface area (Å²) in [6.07, 6.45) is 9.03. The fourth-order valence-electron chi connectivity index (χ4n) is 3.06. The van der Waals surface area contributed by atoms with Crippen LogP contribution in [-0.2, 0) is 4.79 Å². The third-order valence-electron chi connectivity index (χ3n) is 4.53. The van der Waals surface area contributed by atoms with Crippen LogP contribution < -0.4 is 0 Å². The Morgan fingerprint density at radius 3 is 2.60 bits per heavy atom. The van der Waals surface area contributed by atoms with E-state index in [1.807, 2.05) is 6.92 Å². The molecule has 1 nitrogen and oxygen atoms in total. The van der Waals surface area contributed by atoms with Crippen LogP contribution >= 0.6 is 0 Å². The van der Waals surface area contributed by atoms with Crippen molar-refractivity contribution in [3.05, 3.63) is 11.6 Å². The van der Waals surface area contributed by atoms with Crippen molar-refractivity contribution in [3.8, 4) is 0 Å². The Balaban J connectivity index is 2.12. The van der Waals surface area contributed by atoms with E-state index in [9.17, 15) is 4.79 Å². The van der Waals surface area contributed by atoms with Crippen LogP contribution in [0.15, 0.2) is 11.6 Å². The third-order valence-corrected chi connectivity index (χ3v) is 4.53. The van der Waals surface area contributed by atoms with Gasteiger partial charge >= 0.3 is 0 Å². The molecule has 84 valence electrons. The highest BCUT2D eigenvalue weighted by molar-refractivity contribution is 5.55. The summed E-state index contributed by atoms with van der Waals surface area (Å²) in [6, 6.07) is 0. The number of aldehydes is 1. The number of carbonyl (C=O) groups excluding carboxylic acids is 1. The first-order chi connectivity index (χ1) is 7.03. The van der Waals surface area contributed by atoms with Crippen molar-refractivity contribution in [2.45, 2.75) is 46.5 Å². The van der Waals surface area contributed by atoms with E-state index in [0.29, 0.717) is 0 Å². The predicted octanol–water partition coefficient (Wildman–Crippen LogP) is 3.59. The second-order valence-electron chi connectivity index (χ2n) is 6.05. The second kappa shape index (κ2) is 3.77. The third kappa shape index (κ3) is 2.02. The zero-order valence-electron chi connectivity index (χ0n) is 10.1. The number of carbonyl (C=O) groups is 1. The molecule has 0 spiro atoms. The molecule has 3 atom stereocenters. The van der Waals surface area contributed by atoms with Gasteiger partial charge in [0.25, 0.3) is 0 Å². The van der Waals surface area contributed by atoms with Crippen LogP contribution in [0, 0.1) is 23.2 Å². The van der Waals surface area contributed by atoms with E-state index < -0.39 is 0 Å². The van der Waals surface area contributed by atoms with Gasteiger partial charge in [-0.05, 0) is 42.9 Å². The molecule has 0 radical (unpaired) electrons. The Hall–Kier alpha value is -0.590. The van der Waals surface area contributed by atoms with Crippen molar-refractivity contribution in [2.24, 2.45) is 23.2 Å². The lowest BCUT2D eigenvalue weighted by Crippen LogP contribution is -2.21. The van der Waals surface area contributed by atoms with Gasteiger partial charge in [-0.2, -0.15) is 0 Å². The normalized spacial score (nSPS) is 34.7. The number of allylic oxidation sites excluding steroid dienone is 2. The monoisotopic (exact) mass is 206 g/mol. The van der Waals surface area contributed by atoms with Gasteiger partial charge in [-0.1, -0.05) is 32.4 Å². The fourth-order valence-corrected chi connectivity index (χ4v) is 3.06. The topological polar surface area (TPSA) is 17.1 Å². The van der Waals surface area contributed by atoms with Gasteiger partial charge in [-0.15, -0.1) is 0 Å². The minimum Gasteiger partial charge on any atom is -0.303 e. The average Bonchev–Trinajstić information content (AvgIpc) is 2.77. The van der Waals surface area contributed by atoms with E-state index in [-0.39, 0.29) is 11.3 Å². The number of rotatable bonds is 3. The van der Waals surface area contributed by atoms with E-state index in [2.05, 4.69) is 19.9 Å². The van der Waals surface area contributed by atoms with E-state index in [0.717, 1.165) is 18.1 Å². The largest absolute Gasteiger partial charge is 0.303 e. The summed E-state index contributed by atoms with van der Waals surface area (Å²) >= 11 is 0. The van der Waals surface area contributed by atoms with Crippen molar-refractivity contribution < 1.29 is 4.79 Å². The summed E-state index contributed by atoms with van der Waals surface area (Å²) in [5, 5.41) is 0. The average molecular weight is 206 g/mol. The Labute approximate surface area is 92.9 Å². The molecule has 1 heteroatoms. The first kappa shape index (κ1) is 10.9. The maximum absolute atomic E-state index is 10.9. The number of fused-ring (bicyclic) bond motifs is 2. The molecule has 0 aromatic heterocycles. The smallest absolute Gasteiger partial charge is 0.123 e. The van der Waals surface area contributed by atoms with Crippen molar-refractivity contribution >= 4 is 6.29 Å². The van der Waals surface area contributed by atoms with Crippen LogP contribution in [0.5, 0.6) is 0 Å². The highest BCUT2D eigenvalue weighted by Crippen LogP contribution is 2.49. The van der Waals surface area contributed by atoms with E-state index in [4.69, 9.17) is 0 Å². The van der Waals surface area contributed by atoms with Gasteiger partial charge in [0, 0.05) is 5.92 Å². The molecule has 0 amide bonds. The summed E-state index contributed by atoms with van der Waals surface area (Å²) in [5.41, 5.74) is 1.69. The lowest BCUT2D eigenvalue weighted by molar-refractivity contribution is -0.112. The van der Waals surface area contributed by atoms with Crippen LogP contribution in [-0.4, -0.2) is 6.29 Å². The van der Waals surface area contributed by atoms with E-state index in [1.54, 1.807) is 5.57 Å². The summed E-state index contributed by atoms with van der Waals surface area (Å²) in [4.78, 5) is 10.9. The molecule has 0 aromatic carbocycles. The maximum Gasteiger partial charge on any atom is 0.123 e. The quantitative estimate of drug-likeness (QED) is 0.509. The molecule has 2 bridgehead atoms. The first-order valence-corrected chi connectivity index (χ1v) is 6.20. The van der Waals surface area contributed by atoms with Gasteiger partial charge in [0.2, 0.25) is 0 Å². The lowest BCUT2D eigenvalue weighted by atomic mass is 9.77. The number of hydrogen-bond acceptors (Lipinski definition) is 1. The van der Waals surface area contributed by atoms with Crippen LogP contribution in [0.2, 0.25) is 0 Å². The number of hydrogen-bond donors (Lipinski definition) is 0. The van der Waals surface area contributed by atoms with E-state index >= 15 is 0 Å². The Morgan fingerprint density at radius 1 is 1.40 bits per heavy atom. The van der Waals surface area contributed by atoms with Crippen LogP contribution in [0.4, 0.5) is 0 Å². The van der Waals surface area contributed by atoms with Gasteiger partial charge in [0.1, 0.15) is 6.29 Å². The molecule has 0 N–H and O–H groups in total. The van der Waals surface area contributed by atoms with Crippen molar-refractivity contribution in [2.75, 3.05) is 0 Å². The molecule has 0 aromatic rings. The maximum atomic E-state index is 10.9. The highest BCUT2D eigenvalue weighted by Gasteiger charge is 2.36. The summed E-state index contributed by atoms with van der Waals surface area (Å²) in [5.74, 6) is 1.95. The zero-order chi connectivity index (χ0) is 11.1. The summed E-state index contributed by atoms with van der Waals surface area (Å²) in [7, 11) is 0. The standard InChI is InChI=1S/C14H22O/c1-10(9-15)14(2,3)8-13-7-11-4-5-12(13)6-11/h8-12H,4-7H2,1-3H3. The van der Waals surface area contributed by atoms with Gasteiger partial charge in [0.05, 0.1) is 0 Å². The SMILES string of the molecule is CC(C=O)C(C)(C)C=C1CC2CCC1C2. The molecule has 0 heterocycles. The molecule has 2 fully saturated rings. The Kier molecular flexibility index (Phi) is 2.74. The van der Waals surface area contributed by atoms with Crippen LogP contribution in [0.3, 0.4) is 0 Å². The zero-order valence-corrected chi connectivity index (χ0v) is 10.1. The molecular formula is C14H22O. The molecule has 0 saturated heterocycles. The molecular weight excluding hydrogens is 184 g/mol. The van der Waals surface area contributed by atoms with Crippen molar-refractivity contribution in [1.82, 2.24) is 0 Å². The molecule has 0 aliphatic heterocycles. The summed E-state index contributed by atoms with van der Waals surface area (Å²) in [6.45, 7) is 6.40. The minimum atomic E-state index is 0.0432. The first-order valence-electron chi connectivity index (χ1n) is 6.20. The molecule has 2 rings (SSSR count). The van der Waals surface area contributed by atoms with E-state index in [1.165, 1.54) is 25.7 Å². The molecule has 2 saturated carbocycles. The Bertz CT molecular complexity index is 288.